The molecular formula is C14H20O5S. The molecule has 2 aliphatic rings. The van der Waals surface area contributed by atoms with E-state index in [-0.39, 0.29) is 18.4 Å². The van der Waals surface area contributed by atoms with Gasteiger partial charge in [0.05, 0.1) is 6.61 Å². The second-order valence-corrected chi connectivity index (χ2v) is 6.01. The van der Waals surface area contributed by atoms with E-state index in [4.69, 9.17) is 13.1 Å². The largest absolute Gasteiger partial charge is 0.464 e. The van der Waals surface area contributed by atoms with E-state index in [0.717, 1.165) is 5.57 Å². The van der Waals surface area contributed by atoms with Crippen LogP contribution in [-0.4, -0.2) is 29.0 Å². The van der Waals surface area contributed by atoms with Crippen molar-refractivity contribution in [1.82, 2.24) is 0 Å². The zero-order valence-electron chi connectivity index (χ0n) is 12.1. The average Bonchev–Trinajstić information content (AvgIpc) is 2.70. The highest BCUT2D eigenvalue weighted by Gasteiger charge is 2.48. The number of ether oxygens (including phenoxy) is 1. The van der Waals surface area contributed by atoms with E-state index in [1.54, 1.807) is 6.92 Å². The van der Waals surface area contributed by atoms with Gasteiger partial charge in [0.25, 0.3) is 0 Å². The van der Waals surface area contributed by atoms with Crippen molar-refractivity contribution in [3.8, 4) is 0 Å². The summed E-state index contributed by atoms with van der Waals surface area (Å²) in [6.07, 6.45) is 2.66. The summed E-state index contributed by atoms with van der Waals surface area (Å²) in [6.45, 7) is 8.05. The number of hydrogen-bond acceptors (Lipinski definition) is 5. The summed E-state index contributed by atoms with van der Waals surface area (Å²) in [5.41, 5.74) is 2.28. The Kier molecular flexibility index (Phi) is 4.78. The fourth-order valence-corrected chi connectivity index (χ4v) is 3.75. The first-order chi connectivity index (χ1) is 9.43. The Morgan fingerprint density at radius 3 is 2.70 bits per heavy atom. The smallest absolute Gasteiger partial charge is 0.339 e. The van der Waals surface area contributed by atoms with Crippen LogP contribution in [0.5, 0.6) is 0 Å². The third-order valence-electron chi connectivity index (χ3n) is 3.62. The molecule has 1 aliphatic heterocycles. The summed E-state index contributed by atoms with van der Waals surface area (Å²) in [5, 5.41) is 0. The Morgan fingerprint density at radius 1 is 1.40 bits per heavy atom. The van der Waals surface area contributed by atoms with Crippen molar-refractivity contribution in [2.45, 2.75) is 39.9 Å². The van der Waals surface area contributed by atoms with E-state index < -0.39 is 29.5 Å². The summed E-state index contributed by atoms with van der Waals surface area (Å²) >= 11 is -1.90. The lowest BCUT2D eigenvalue weighted by Crippen LogP contribution is -2.41. The second kappa shape index (κ2) is 6.20. The normalized spacial score (nSPS) is 37.3. The van der Waals surface area contributed by atoms with Crippen LogP contribution >= 0.6 is 0 Å². The molecule has 20 heavy (non-hydrogen) atoms. The molecule has 5 nitrogen and oxygen atoms in total. The van der Waals surface area contributed by atoms with E-state index in [1.165, 1.54) is 5.57 Å². The first-order valence-electron chi connectivity index (χ1n) is 6.73. The highest BCUT2D eigenvalue weighted by molar-refractivity contribution is 7.75. The molecule has 2 rings (SSSR count). The first-order valence-corrected chi connectivity index (χ1v) is 7.73. The molecule has 112 valence electrons. The van der Waals surface area contributed by atoms with E-state index in [0.29, 0.717) is 0 Å². The highest BCUT2D eigenvalue weighted by Crippen LogP contribution is 2.38. The number of esters is 1. The van der Waals surface area contributed by atoms with E-state index >= 15 is 0 Å². The van der Waals surface area contributed by atoms with Crippen LogP contribution in [0.1, 0.15) is 27.7 Å². The van der Waals surface area contributed by atoms with Gasteiger partial charge in [-0.25, -0.2) is 4.79 Å². The molecule has 5 atom stereocenters. The lowest BCUT2D eigenvalue weighted by Gasteiger charge is -2.31. The molecule has 1 fully saturated rings. The Bertz CT molecular complexity index is 482. The Hall–Kier alpha value is -0.980. The topological polar surface area (TPSA) is 61.8 Å². The Balaban J connectivity index is 2.24. The van der Waals surface area contributed by atoms with Gasteiger partial charge < -0.3 is 4.74 Å². The van der Waals surface area contributed by atoms with Crippen LogP contribution in [0.25, 0.3) is 0 Å². The van der Waals surface area contributed by atoms with E-state index in [2.05, 4.69) is 19.1 Å². The zero-order chi connectivity index (χ0) is 14.9. The molecule has 1 heterocycles. The van der Waals surface area contributed by atoms with Gasteiger partial charge in [0.15, 0.2) is 0 Å². The van der Waals surface area contributed by atoms with Crippen LogP contribution in [0.3, 0.4) is 0 Å². The minimum absolute atomic E-state index is 0.0421. The number of allylic oxidation sites excluding steroid dienone is 3. The Labute approximate surface area is 121 Å². The molecule has 0 radical (unpaired) electrons. The van der Waals surface area contributed by atoms with Gasteiger partial charge in [-0.2, -0.15) is 4.21 Å². The third-order valence-corrected chi connectivity index (χ3v) is 4.36. The summed E-state index contributed by atoms with van der Waals surface area (Å²) in [4.78, 5) is 11.9. The number of carbonyl (C=O) groups excluding carboxylic acids is 1. The summed E-state index contributed by atoms with van der Waals surface area (Å²) in [6, 6.07) is 0. The van der Waals surface area contributed by atoms with Crippen LogP contribution in [0, 0.1) is 11.8 Å². The lowest BCUT2D eigenvalue weighted by molar-refractivity contribution is -0.153. The lowest BCUT2D eigenvalue weighted by atomic mass is 9.77. The van der Waals surface area contributed by atoms with E-state index in [1.807, 2.05) is 13.8 Å². The van der Waals surface area contributed by atoms with Gasteiger partial charge in [0.2, 0.25) is 6.10 Å². The van der Waals surface area contributed by atoms with Gasteiger partial charge >= 0.3 is 17.3 Å². The summed E-state index contributed by atoms with van der Waals surface area (Å²) < 4.78 is 26.9. The molecule has 0 amide bonds. The van der Waals surface area contributed by atoms with Gasteiger partial charge in [0, 0.05) is 5.92 Å². The summed E-state index contributed by atoms with van der Waals surface area (Å²) in [7, 11) is 0. The predicted octanol–water partition coefficient (Wildman–Crippen LogP) is 2.07. The first kappa shape index (κ1) is 15.4. The van der Waals surface area contributed by atoms with Crippen molar-refractivity contribution in [3.05, 3.63) is 23.3 Å². The van der Waals surface area contributed by atoms with Crippen LogP contribution < -0.4 is 0 Å². The molecule has 1 saturated heterocycles. The minimum atomic E-state index is -1.90. The molecule has 4 unspecified atom stereocenters. The van der Waals surface area contributed by atoms with Gasteiger partial charge in [0.1, 0.15) is 6.10 Å². The molecular weight excluding hydrogens is 280 g/mol. The Morgan fingerprint density at radius 2 is 2.10 bits per heavy atom. The minimum Gasteiger partial charge on any atom is -0.464 e. The quantitative estimate of drug-likeness (QED) is 0.747. The molecule has 0 aromatic carbocycles. The van der Waals surface area contributed by atoms with Crippen LogP contribution in [0.2, 0.25) is 0 Å². The standard InChI is InChI=1S/C14H20O5S/c1-5-17-14(15)13-12(18-20(16)19-13)11-9(3)6-8(2)7-10(11)4/h6-7,9,11-13H,5H2,1-4H3/t9?,11-,12?,13?,20?/m1/s1. The third kappa shape index (κ3) is 3.02. The predicted molar refractivity (Wildman–Crippen MR) is 74.7 cm³/mol. The summed E-state index contributed by atoms with van der Waals surface area (Å²) in [5.74, 6) is -0.380. The van der Waals surface area contributed by atoms with Crippen molar-refractivity contribution in [2.75, 3.05) is 6.61 Å². The van der Waals surface area contributed by atoms with Crippen molar-refractivity contribution in [2.24, 2.45) is 11.8 Å². The van der Waals surface area contributed by atoms with Crippen molar-refractivity contribution in [1.29, 1.82) is 0 Å². The van der Waals surface area contributed by atoms with Crippen LogP contribution in [0.15, 0.2) is 23.3 Å². The molecule has 0 aromatic rings. The van der Waals surface area contributed by atoms with Crippen molar-refractivity contribution >= 4 is 17.3 Å². The van der Waals surface area contributed by atoms with Crippen LogP contribution in [0.4, 0.5) is 0 Å². The van der Waals surface area contributed by atoms with Gasteiger partial charge in [-0.1, -0.05) is 30.2 Å². The van der Waals surface area contributed by atoms with Crippen molar-refractivity contribution < 1.29 is 22.1 Å². The molecule has 0 saturated carbocycles. The fraction of sp³-hybridized carbons (Fsp3) is 0.643. The molecule has 1 aliphatic carbocycles. The van der Waals surface area contributed by atoms with Gasteiger partial charge in [-0.15, -0.1) is 0 Å². The molecule has 0 aromatic heterocycles. The fourth-order valence-electron chi connectivity index (χ4n) is 2.94. The monoisotopic (exact) mass is 300 g/mol. The number of hydrogen-bond donors (Lipinski definition) is 0. The van der Waals surface area contributed by atoms with Crippen LogP contribution in [-0.2, 0) is 29.3 Å². The average molecular weight is 300 g/mol. The van der Waals surface area contributed by atoms with Gasteiger partial charge in [-0.05, 0) is 26.7 Å². The number of carbonyl (C=O) groups is 1. The zero-order valence-corrected chi connectivity index (χ0v) is 12.9. The van der Waals surface area contributed by atoms with E-state index in [9.17, 15) is 9.00 Å². The molecule has 6 heteroatoms. The molecule has 0 bridgehead atoms. The number of rotatable bonds is 3. The maximum absolute atomic E-state index is 11.9. The van der Waals surface area contributed by atoms with Gasteiger partial charge in [-0.3, -0.25) is 8.37 Å². The maximum atomic E-state index is 11.9. The molecule has 0 spiro atoms. The maximum Gasteiger partial charge on any atom is 0.339 e. The second-order valence-electron chi connectivity index (χ2n) is 5.22. The van der Waals surface area contributed by atoms with Crippen molar-refractivity contribution in [3.63, 3.8) is 0 Å². The highest BCUT2D eigenvalue weighted by atomic mass is 32.2. The molecule has 0 N–H and O–H groups in total. The SMILES string of the molecule is CCOC(=O)C1OS(=O)OC1[C@H]1C(C)=CC(C)=CC1C.